The zero-order valence-electron chi connectivity index (χ0n) is 7.02. The molecule has 1 rings (SSSR count). The second-order valence-electron chi connectivity index (χ2n) is 2.64. The number of rotatable bonds is 3. The Balaban J connectivity index is 3.00. The Bertz CT molecular complexity index is 382. The number of hydrogen-bond acceptors (Lipinski definition) is 4. The van der Waals surface area contributed by atoms with Crippen LogP contribution in [0.3, 0.4) is 0 Å². The summed E-state index contributed by atoms with van der Waals surface area (Å²) >= 11 is 8.54. The maximum Gasteiger partial charge on any atom is 0.269 e. The first-order chi connectivity index (χ1) is 6.56. The van der Waals surface area contributed by atoms with Gasteiger partial charge in [-0.2, -0.15) is 0 Å². The SMILES string of the molecule is O=c1c(Br)c(Cl)ncn1CC(O)CO. The van der Waals surface area contributed by atoms with Gasteiger partial charge >= 0.3 is 0 Å². The molecule has 1 heterocycles. The maximum absolute atomic E-state index is 11.4. The molecule has 0 aromatic carbocycles. The minimum absolute atomic E-state index is 0.0158. The fraction of sp³-hybridized carbons (Fsp3) is 0.429. The first-order valence-corrected chi connectivity index (χ1v) is 4.92. The van der Waals surface area contributed by atoms with E-state index in [1.54, 1.807) is 0 Å². The van der Waals surface area contributed by atoms with Gasteiger partial charge in [0.1, 0.15) is 4.47 Å². The van der Waals surface area contributed by atoms with Gasteiger partial charge in [0.05, 0.1) is 25.6 Å². The van der Waals surface area contributed by atoms with Crippen molar-refractivity contribution in [3.63, 3.8) is 0 Å². The highest BCUT2D eigenvalue weighted by Gasteiger charge is 2.09. The summed E-state index contributed by atoms with van der Waals surface area (Å²) in [6, 6.07) is 0. The van der Waals surface area contributed by atoms with E-state index in [4.69, 9.17) is 21.8 Å². The number of hydrogen-bond donors (Lipinski definition) is 2. The number of nitrogens with zero attached hydrogens (tertiary/aromatic N) is 2. The molecule has 7 heteroatoms. The lowest BCUT2D eigenvalue weighted by Gasteiger charge is -2.09. The molecule has 1 atom stereocenters. The highest BCUT2D eigenvalue weighted by atomic mass is 79.9. The Morgan fingerprint density at radius 2 is 2.36 bits per heavy atom. The van der Waals surface area contributed by atoms with E-state index in [0.717, 1.165) is 4.57 Å². The molecule has 78 valence electrons. The zero-order chi connectivity index (χ0) is 10.7. The van der Waals surface area contributed by atoms with E-state index in [-0.39, 0.29) is 16.2 Å². The molecule has 0 saturated heterocycles. The third-order valence-electron chi connectivity index (χ3n) is 1.56. The van der Waals surface area contributed by atoms with Crippen LogP contribution in [0.25, 0.3) is 0 Å². The topological polar surface area (TPSA) is 75.4 Å². The van der Waals surface area contributed by atoms with Gasteiger partial charge in [0, 0.05) is 0 Å². The first-order valence-electron chi connectivity index (χ1n) is 3.75. The van der Waals surface area contributed by atoms with Crippen LogP contribution in [-0.2, 0) is 6.54 Å². The quantitative estimate of drug-likeness (QED) is 0.767. The molecule has 2 N–H and O–H groups in total. The van der Waals surface area contributed by atoms with Crippen molar-refractivity contribution in [1.29, 1.82) is 0 Å². The number of aliphatic hydroxyl groups is 2. The molecule has 14 heavy (non-hydrogen) atoms. The maximum atomic E-state index is 11.4. The predicted molar refractivity (Wildman–Crippen MR) is 54.3 cm³/mol. The van der Waals surface area contributed by atoms with Crippen LogP contribution in [0.1, 0.15) is 0 Å². The Hall–Kier alpha value is -0.430. The summed E-state index contributed by atoms with van der Waals surface area (Å²) in [4.78, 5) is 15.2. The van der Waals surface area contributed by atoms with Crippen LogP contribution in [0.15, 0.2) is 15.6 Å². The lowest BCUT2D eigenvalue weighted by Crippen LogP contribution is -2.29. The summed E-state index contributed by atoms with van der Waals surface area (Å²) in [5.41, 5.74) is -0.391. The summed E-state index contributed by atoms with van der Waals surface area (Å²) in [5, 5.41) is 17.8. The van der Waals surface area contributed by atoms with Crippen molar-refractivity contribution in [3.8, 4) is 0 Å². The Labute approximate surface area is 93.1 Å². The molecular weight excluding hydrogens is 275 g/mol. The van der Waals surface area contributed by atoms with Crippen molar-refractivity contribution in [1.82, 2.24) is 9.55 Å². The molecular formula is C7H8BrClN2O3. The normalized spacial score (nSPS) is 12.9. The van der Waals surface area contributed by atoms with Crippen LogP contribution in [-0.4, -0.2) is 32.5 Å². The minimum atomic E-state index is -0.984. The van der Waals surface area contributed by atoms with E-state index < -0.39 is 18.3 Å². The Morgan fingerprint density at radius 1 is 1.71 bits per heavy atom. The Morgan fingerprint density at radius 3 is 2.93 bits per heavy atom. The van der Waals surface area contributed by atoms with E-state index in [2.05, 4.69) is 20.9 Å². The predicted octanol–water partition coefficient (Wildman–Crippen LogP) is 0.0124. The van der Waals surface area contributed by atoms with Gasteiger partial charge in [-0.1, -0.05) is 11.6 Å². The van der Waals surface area contributed by atoms with Gasteiger partial charge in [0.25, 0.3) is 5.56 Å². The third-order valence-corrected chi connectivity index (χ3v) is 2.79. The van der Waals surface area contributed by atoms with Crippen molar-refractivity contribution in [2.45, 2.75) is 12.6 Å². The van der Waals surface area contributed by atoms with Gasteiger partial charge in [-0.3, -0.25) is 9.36 Å². The summed E-state index contributed by atoms with van der Waals surface area (Å²) in [7, 11) is 0. The molecule has 1 aromatic heterocycles. The summed E-state index contributed by atoms with van der Waals surface area (Å²) < 4.78 is 1.31. The molecule has 0 aliphatic rings. The molecule has 0 saturated carbocycles. The zero-order valence-corrected chi connectivity index (χ0v) is 9.36. The van der Waals surface area contributed by atoms with Crippen LogP contribution in [0.2, 0.25) is 5.15 Å². The molecule has 1 aromatic rings. The van der Waals surface area contributed by atoms with E-state index in [1.165, 1.54) is 6.33 Å². The average molecular weight is 284 g/mol. The lowest BCUT2D eigenvalue weighted by atomic mass is 10.4. The van der Waals surface area contributed by atoms with Crippen LogP contribution in [0.5, 0.6) is 0 Å². The van der Waals surface area contributed by atoms with Gasteiger partial charge in [0.15, 0.2) is 5.15 Å². The fourth-order valence-electron chi connectivity index (χ4n) is 0.859. The number of aliphatic hydroxyl groups excluding tert-OH is 2. The fourth-order valence-corrected chi connectivity index (χ4v) is 1.31. The lowest BCUT2D eigenvalue weighted by molar-refractivity contribution is 0.0800. The van der Waals surface area contributed by atoms with Gasteiger partial charge in [0.2, 0.25) is 0 Å². The number of halogens is 2. The largest absolute Gasteiger partial charge is 0.394 e. The summed E-state index contributed by atoms with van der Waals surface area (Å²) in [6.07, 6.45) is 0.233. The average Bonchev–Trinajstić information content (AvgIpc) is 2.19. The highest BCUT2D eigenvalue weighted by molar-refractivity contribution is 9.10. The van der Waals surface area contributed by atoms with E-state index in [9.17, 15) is 4.79 Å². The first kappa shape index (κ1) is 11.6. The van der Waals surface area contributed by atoms with Gasteiger partial charge in [-0.05, 0) is 15.9 Å². The monoisotopic (exact) mass is 282 g/mol. The van der Waals surface area contributed by atoms with E-state index in [1.807, 2.05) is 0 Å². The van der Waals surface area contributed by atoms with E-state index >= 15 is 0 Å². The highest BCUT2D eigenvalue weighted by Crippen LogP contribution is 2.13. The van der Waals surface area contributed by atoms with Gasteiger partial charge in [-0.25, -0.2) is 4.98 Å². The van der Waals surface area contributed by atoms with Crippen molar-refractivity contribution < 1.29 is 10.2 Å². The summed E-state index contributed by atoms with van der Waals surface area (Å²) in [5.74, 6) is 0. The van der Waals surface area contributed by atoms with Crippen LogP contribution < -0.4 is 5.56 Å². The summed E-state index contributed by atoms with van der Waals surface area (Å²) in [6.45, 7) is -0.426. The van der Waals surface area contributed by atoms with Crippen molar-refractivity contribution in [2.75, 3.05) is 6.61 Å². The molecule has 0 bridgehead atoms. The van der Waals surface area contributed by atoms with Crippen LogP contribution in [0, 0.1) is 0 Å². The standard InChI is InChI=1S/C7H8BrClN2O3/c8-5-6(9)10-3-11(7(5)14)1-4(13)2-12/h3-4,12-13H,1-2H2. The minimum Gasteiger partial charge on any atom is -0.394 e. The number of aromatic nitrogens is 2. The Kier molecular flexibility index (Phi) is 4.06. The van der Waals surface area contributed by atoms with Gasteiger partial charge < -0.3 is 10.2 Å². The van der Waals surface area contributed by atoms with Crippen molar-refractivity contribution in [3.05, 3.63) is 26.3 Å². The van der Waals surface area contributed by atoms with Crippen molar-refractivity contribution >= 4 is 27.5 Å². The van der Waals surface area contributed by atoms with E-state index in [0.29, 0.717) is 0 Å². The molecule has 1 unspecified atom stereocenters. The second-order valence-corrected chi connectivity index (χ2v) is 3.79. The second kappa shape index (κ2) is 4.88. The smallest absolute Gasteiger partial charge is 0.269 e. The molecule has 0 aliphatic heterocycles. The molecule has 0 fully saturated rings. The van der Waals surface area contributed by atoms with Gasteiger partial charge in [-0.15, -0.1) is 0 Å². The van der Waals surface area contributed by atoms with Crippen LogP contribution >= 0.6 is 27.5 Å². The molecule has 0 aliphatic carbocycles. The molecule has 0 amide bonds. The molecule has 0 spiro atoms. The van der Waals surface area contributed by atoms with Crippen molar-refractivity contribution in [2.24, 2.45) is 0 Å². The molecule has 0 radical (unpaired) electrons. The third kappa shape index (κ3) is 2.54. The van der Waals surface area contributed by atoms with Crippen LogP contribution in [0.4, 0.5) is 0 Å². The molecule has 5 nitrogen and oxygen atoms in total.